The zero-order valence-electron chi connectivity index (χ0n) is 19.4. The van der Waals surface area contributed by atoms with Crippen LogP contribution in [0.2, 0.25) is 0 Å². The summed E-state index contributed by atoms with van der Waals surface area (Å²) in [5.41, 5.74) is 3.06. The molecule has 0 bridgehead atoms. The van der Waals surface area contributed by atoms with Crippen LogP contribution in [0.15, 0.2) is 53.4 Å². The van der Waals surface area contributed by atoms with E-state index >= 15 is 0 Å². The third-order valence-corrected chi connectivity index (χ3v) is 8.34. The van der Waals surface area contributed by atoms with Gasteiger partial charge in [-0.1, -0.05) is 36.2 Å². The molecule has 1 amide bonds. The maximum absolute atomic E-state index is 12.9. The van der Waals surface area contributed by atoms with Crippen LogP contribution >= 0.6 is 0 Å². The van der Waals surface area contributed by atoms with E-state index in [1.165, 1.54) is 29.1 Å². The lowest BCUT2D eigenvalue weighted by Crippen LogP contribution is -2.50. The van der Waals surface area contributed by atoms with Crippen molar-refractivity contribution in [2.45, 2.75) is 37.6 Å². The molecule has 8 heteroatoms. The van der Waals surface area contributed by atoms with Crippen LogP contribution in [0.5, 0.6) is 0 Å². The number of aryl methyl sites for hydroxylation is 1. The minimum atomic E-state index is -3.49. The highest BCUT2D eigenvalue weighted by atomic mass is 32.2. The van der Waals surface area contributed by atoms with Crippen molar-refractivity contribution in [3.63, 3.8) is 0 Å². The van der Waals surface area contributed by atoms with E-state index in [4.69, 9.17) is 0 Å². The molecule has 0 saturated carbocycles. The van der Waals surface area contributed by atoms with Gasteiger partial charge in [-0.25, -0.2) is 8.42 Å². The van der Waals surface area contributed by atoms with Crippen molar-refractivity contribution in [1.82, 2.24) is 14.1 Å². The average Bonchev–Trinajstić information content (AvgIpc) is 2.80. The van der Waals surface area contributed by atoms with Crippen LogP contribution in [0.1, 0.15) is 30.4 Å². The Morgan fingerprint density at radius 3 is 2.27 bits per heavy atom. The van der Waals surface area contributed by atoms with Crippen LogP contribution < -0.4 is 5.32 Å². The lowest BCUT2D eigenvalue weighted by molar-refractivity contribution is -0.117. The predicted octanol–water partition coefficient (Wildman–Crippen LogP) is 2.93. The Kier molecular flexibility index (Phi) is 7.80. The largest absolute Gasteiger partial charge is 0.325 e. The van der Waals surface area contributed by atoms with Crippen LogP contribution in [-0.2, 0) is 21.4 Å². The highest BCUT2D eigenvalue weighted by Gasteiger charge is 2.29. The van der Waals surface area contributed by atoms with E-state index < -0.39 is 10.0 Å². The van der Waals surface area contributed by atoms with E-state index in [0.29, 0.717) is 31.1 Å². The van der Waals surface area contributed by atoms with Crippen molar-refractivity contribution in [3.8, 4) is 0 Å². The first-order valence-corrected chi connectivity index (χ1v) is 13.2. The number of nitrogens with one attached hydrogen (secondary N) is 1. The molecule has 7 nitrogen and oxygen atoms in total. The van der Waals surface area contributed by atoms with Crippen LogP contribution in [0.25, 0.3) is 0 Å². The van der Waals surface area contributed by atoms with Crippen molar-refractivity contribution in [2.75, 3.05) is 51.1 Å². The molecule has 0 unspecified atom stereocenters. The summed E-state index contributed by atoms with van der Waals surface area (Å²) in [6.45, 7) is 7.23. The number of sulfonamides is 1. The molecule has 1 N–H and O–H groups in total. The molecule has 2 heterocycles. The predicted molar refractivity (Wildman–Crippen MR) is 131 cm³/mol. The number of hydrogen-bond donors (Lipinski definition) is 1. The molecule has 2 aliphatic heterocycles. The second-order valence-electron chi connectivity index (χ2n) is 9.08. The van der Waals surface area contributed by atoms with E-state index in [-0.39, 0.29) is 12.5 Å². The topological polar surface area (TPSA) is 73.0 Å². The number of piperidine rings is 1. The zero-order valence-corrected chi connectivity index (χ0v) is 20.2. The van der Waals surface area contributed by atoms with Crippen molar-refractivity contribution >= 4 is 21.6 Å². The maximum Gasteiger partial charge on any atom is 0.243 e. The second kappa shape index (κ2) is 10.8. The van der Waals surface area contributed by atoms with Gasteiger partial charge in [0.15, 0.2) is 0 Å². The van der Waals surface area contributed by atoms with Gasteiger partial charge < -0.3 is 5.32 Å². The second-order valence-corrected chi connectivity index (χ2v) is 11.0. The van der Waals surface area contributed by atoms with Gasteiger partial charge >= 0.3 is 0 Å². The lowest BCUT2D eigenvalue weighted by atomic mass is 10.1. The summed E-state index contributed by atoms with van der Waals surface area (Å²) in [6.07, 6.45) is 3.84. The first-order chi connectivity index (χ1) is 15.9. The molecule has 2 fully saturated rings. The fourth-order valence-electron chi connectivity index (χ4n) is 4.51. The SMILES string of the molecule is Cc1ccc(S(=O)(=O)N2CCN(CC(=O)Nc3cccc(CN4CCCCC4)c3)CC2)cc1. The number of benzene rings is 2. The Hall–Kier alpha value is -2.26. The van der Waals surface area contributed by atoms with Gasteiger partial charge in [0.05, 0.1) is 11.4 Å². The van der Waals surface area contributed by atoms with Gasteiger partial charge in [-0.3, -0.25) is 14.6 Å². The maximum atomic E-state index is 12.9. The third kappa shape index (κ3) is 6.41. The number of likely N-dealkylation sites (tertiary alicyclic amines) is 1. The standard InChI is InChI=1S/C25H34N4O3S/c1-21-8-10-24(11-9-21)33(31,32)29-16-14-28(15-17-29)20-25(30)26-23-7-5-6-22(18-23)19-27-12-3-2-4-13-27/h5-11,18H,2-4,12-17,19-20H2,1H3,(H,26,30). The number of piperazine rings is 1. The van der Waals surface area contributed by atoms with Gasteiger partial charge in [-0.15, -0.1) is 0 Å². The van der Waals surface area contributed by atoms with Gasteiger partial charge in [0.2, 0.25) is 15.9 Å². The summed E-state index contributed by atoms with van der Waals surface area (Å²) in [4.78, 5) is 17.4. The van der Waals surface area contributed by atoms with E-state index in [1.807, 2.05) is 36.1 Å². The molecule has 0 atom stereocenters. The Bertz CT molecular complexity index is 1040. The van der Waals surface area contributed by atoms with Gasteiger partial charge in [-0.05, 0) is 62.7 Å². The summed E-state index contributed by atoms with van der Waals surface area (Å²) in [5, 5.41) is 3.01. The third-order valence-electron chi connectivity index (χ3n) is 6.42. The van der Waals surface area contributed by atoms with E-state index in [0.717, 1.165) is 30.9 Å². The van der Waals surface area contributed by atoms with Crippen LogP contribution in [-0.4, -0.2) is 74.2 Å². The van der Waals surface area contributed by atoms with Crippen LogP contribution in [0.4, 0.5) is 5.69 Å². The zero-order chi connectivity index (χ0) is 23.3. The minimum absolute atomic E-state index is 0.0695. The fourth-order valence-corrected chi connectivity index (χ4v) is 5.94. The molecule has 0 spiro atoms. The molecule has 2 saturated heterocycles. The average molecular weight is 471 g/mol. The number of nitrogens with zero attached hydrogens (tertiary/aromatic N) is 3. The Morgan fingerprint density at radius 1 is 0.879 bits per heavy atom. The number of carbonyl (C=O) groups excluding carboxylic acids is 1. The van der Waals surface area contributed by atoms with Crippen molar-refractivity contribution < 1.29 is 13.2 Å². The molecule has 0 radical (unpaired) electrons. The highest BCUT2D eigenvalue weighted by molar-refractivity contribution is 7.89. The van der Waals surface area contributed by atoms with E-state index in [2.05, 4.69) is 22.3 Å². The summed E-state index contributed by atoms with van der Waals surface area (Å²) >= 11 is 0. The summed E-state index contributed by atoms with van der Waals surface area (Å²) in [5.74, 6) is -0.0695. The van der Waals surface area contributed by atoms with Crippen molar-refractivity contribution in [1.29, 1.82) is 0 Å². The number of amides is 1. The van der Waals surface area contributed by atoms with E-state index in [9.17, 15) is 13.2 Å². The molecule has 2 aromatic rings. The monoisotopic (exact) mass is 470 g/mol. The molecule has 4 rings (SSSR count). The molecule has 2 aliphatic rings. The molecule has 0 aromatic heterocycles. The number of carbonyl (C=O) groups is 1. The number of hydrogen-bond acceptors (Lipinski definition) is 5. The van der Waals surface area contributed by atoms with Gasteiger partial charge in [0.25, 0.3) is 0 Å². The quantitative estimate of drug-likeness (QED) is 0.674. The Balaban J connectivity index is 1.26. The molecular weight excluding hydrogens is 436 g/mol. The van der Waals surface area contributed by atoms with E-state index in [1.54, 1.807) is 12.1 Å². The van der Waals surface area contributed by atoms with Gasteiger partial charge in [0, 0.05) is 38.4 Å². The molecule has 0 aliphatic carbocycles. The minimum Gasteiger partial charge on any atom is -0.325 e. The summed E-state index contributed by atoms with van der Waals surface area (Å²) in [7, 11) is -3.49. The lowest BCUT2D eigenvalue weighted by Gasteiger charge is -2.33. The molecule has 2 aromatic carbocycles. The van der Waals surface area contributed by atoms with Gasteiger partial charge in [0.1, 0.15) is 0 Å². The van der Waals surface area contributed by atoms with Crippen molar-refractivity contribution in [2.24, 2.45) is 0 Å². The smallest absolute Gasteiger partial charge is 0.243 e. The normalized spacial score (nSPS) is 18.8. The first kappa shape index (κ1) is 23.9. The summed E-state index contributed by atoms with van der Waals surface area (Å²) in [6, 6.07) is 15.0. The molecule has 178 valence electrons. The number of rotatable bonds is 7. The van der Waals surface area contributed by atoms with Crippen molar-refractivity contribution in [3.05, 3.63) is 59.7 Å². The van der Waals surface area contributed by atoms with Crippen LogP contribution in [0.3, 0.4) is 0 Å². The molecule has 33 heavy (non-hydrogen) atoms. The molecular formula is C25H34N4O3S. The summed E-state index contributed by atoms with van der Waals surface area (Å²) < 4.78 is 27.2. The Labute approximate surface area is 197 Å². The Morgan fingerprint density at radius 2 is 1.58 bits per heavy atom. The van der Waals surface area contributed by atoms with Gasteiger partial charge in [-0.2, -0.15) is 4.31 Å². The number of anilines is 1. The first-order valence-electron chi connectivity index (χ1n) is 11.8. The fraction of sp³-hybridized carbons (Fsp3) is 0.480. The highest BCUT2D eigenvalue weighted by Crippen LogP contribution is 2.19. The van der Waals surface area contributed by atoms with Crippen LogP contribution in [0, 0.1) is 6.92 Å².